The summed E-state index contributed by atoms with van der Waals surface area (Å²) in [4.78, 5) is 0. The van der Waals surface area contributed by atoms with Gasteiger partial charge < -0.3 is 9.52 Å². The van der Waals surface area contributed by atoms with Gasteiger partial charge in [0.15, 0.2) is 0 Å². The fourth-order valence-electron chi connectivity index (χ4n) is 1.25. The minimum atomic E-state index is -3.57. The summed E-state index contributed by atoms with van der Waals surface area (Å²) in [6.07, 6.45) is 1.69. The summed E-state index contributed by atoms with van der Waals surface area (Å²) in [5.74, 6) is 0.247. The van der Waals surface area contributed by atoms with Crippen molar-refractivity contribution in [3.63, 3.8) is 0 Å². The molecule has 2 N–H and O–H groups in total. The molecule has 84 valence electrons. The first-order valence-electron chi connectivity index (χ1n) is 4.69. The maximum Gasteiger partial charge on any atom is 0.274 e. The highest BCUT2D eigenvalue weighted by molar-refractivity contribution is 7.89. The van der Waals surface area contributed by atoms with Gasteiger partial charge in [0.2, 0.25) is 5.09 Å². The molecule has 0 saturated heterocycles. The van der Waals surface area contributed by atoms with Crippen molar-refractivity contribution in [3.8, 4) is 0 Å². The van der Waals surface area contributed by atoms with Crippen LogP contribution in [0.3, 0.4) is 0 Å². The largest absolute Gasteiger partial charge is 0.446 e. The lowest BCUT2D eigenvalue weighted by molar-refractivity contribution is 0.236. The van der Waals surface area contributed by atoms with E-state index < -0.39 is 10.0 Å². The minimum Gasteiger partial charge on any atom is -0.446 e. The molecule has 2 rings (SSSR count). The van der Waals surface area contributed by atoms with Crippen LogP contribution in [0.25, 0.3) is 0 Å². The summed E-state index contributed by atoms with van der Waals surface area (Å²) >= 11 is 0. The van der Waals surface area contributed by atoms with Crippen LogP contribution in [0, 0.1) is 0 Å². The zero-order valence-corrected chi connectivity index (χ0v) is 9.17. The van der Waals surface area contributed by atoms with E-state index in [2.05, 4.69) is 4.72 Å². The number of hydrogen-bond donors (Lipinski definition) is 2. The molecule has 0 amide bonds. The van der Waals surface area contributed by atoms with E-state index in [4.69, 9.17) is 9.52 Å². The molecule has 1 saturated carbocycles. The Kier molecular flexibility index (Phi) is 2.37. The van der Waals surface area contributed by atoms with E-state index in [1.54, 1.807) is 0 Å². The highest BCUT2D eigenvalue weighted by Gasteiger charge is 2.42. The van der Waals surface area contributed by atoms with Crippen LogP contribution in [-0.2, 0) is 16.6 Å². The van der Waals surface area contributed by atoms with Crippen molar-refractivity contribution in [2.75, 3.05) is 0 Å². The van der Waals surface area contributed by atoms with Gasteiger partial charge in [0.05, 0.1) is 0 Å². The second kappa shape index (κ2) is 3.33. The van der Waals surface area contributed by atoms with Gasteiger partial charge in [-0.1, -0.05) is 0 Å². The Morgan fingerprint density at radius 3 is 2.67 bits per heavy atom. The lowest BCUT2D eigenvalue weighted by Gasteiger charge is -2.09. The molecule has 1 aromatic heterocycles. The first-order valence-corrected chi connectivity index (χ1v) is 6.17. The van der Waals surface area contributed by atoms with Gasteiger partial charge in [-0.3, -0.25) is 0 Å². The Labute approximate surface area is 88.1 Å². The zero-order valence-electron chi connectivity index (χ0n) is 8.36. The van der Waals surface area contributed by atoms with Gasteiger partial charge >= 0.3 is 0 Å². The van der Waals surface area contributed by atoms with E-state index in [0.29, 0.717) is 0 Å². The summed E-state index contributed by atoms with van der Waals surface area (Å²) < 4.78 is 31.0. The second-order valence-electron chi connectivity index (χ2n) is 4.05. The molecular formula is C9H13NO4S. The average Bonchev–Trinajstić information content (AvgIpc) is 2.71. The van der Waals surface area contributed by atoms with Crippen molar-refractivity contribution in [1.82, 2.24) is 4.72 Å². The minimum absolute atomic E-state index is 0.139. The van der Waals surface area contributed by atoms with Gasteiger partial charge in [-0.2, -0.15) is 0 Å². The summed E-state index contributed by atoms with van der Waals surface area (Å²) in [6.45, 7) is 1.55. The number of rotatable bonds is 4. The molecule has 1 aliphatic carbocycles. The number of nitrogens with one attached hydrogen (secondary N) is 1. The van der Waals surface area contributed by atoms with Gasteiger partial charge in [0.1, 0.15) is 12.4 Å². The summed E-state index contributed by atoms with van der Waals surface area (Å²) in [7, 11) is -3.57. The van der Waals surface area contributed by atoms with E-state index in [-0.39, 0.29) is 23.0 Å². The smallest absolute Gasteiger partial charge is 0.274 e. The standard InChI is InChI=1S/C9H13NO4S/c1-9(4-5-9)10-15(12,13)8-3-2-7(6-11)14-8/h2-3,10-11H,4-6H2,1H3. The van der Waals surface area contributed by atoms with E-state index in [9.17, 15) is 8.42 Å². The van der Waals surface area contributed by atoms with Crippen LogP contribution in [0.5, 0.6) is 0 Å². The molecule has 0 radical (unpaired) electrons. The second-order valence-corrected chi connectivity index (χ2v) is 5.66. The fraction of sp³-hybridized carbons (Fsp3) is 0.556. The van der Waals surface area contributed by atoms with Crippen molar-refractivity contribution >= 4 is 10.0 Å². The molecule has 5 nitrogen and oxygen atoms in total. The van der Waals surface area contributed by atoms with E-state index in [0.717, 1.165) is 12.8 Å². The predicted octanol–water partition coefficient (Wildman–Crippen LogP) is 0.603. The first kappa shape index (κ1) is 10.7. The van der Waals surface area contributed by atoms with Crippen molar-refractivity contribution in [3.05, 3.63) is 17.9 Å². The zero-order chi connectivity index (χ0) is 11.1. The van der Waals surface area contributed by atoms with Crippen LogP contribution in [0.1, 0.15) is 25.5 Å². The highest BCUT2D eigenvalue weighted by atomic mass is 32.2. The fourth-order valence-corrected chi connectivity index (χ4v) is 2.67. The Balaban J connectivity index is 2.21. The maximum absolute atomic E-state index is 11.7. The number of furan rings is 1. The van der Waals surface area contributed by atoms with Crippen LogP contribution in [0.2, 0.25) is 0 Å². The van der Waals surface area contributed by atoms with Gasteiger partial charge in [0.25, 0.3) is 10.0 Å². The molecule has 1 aliphatic rings. The van der Waals surface area contributed by atoms with Gasteiger partial charge in [-0.15, -0.1) is 0 Å². The normalized spacial score (nSPS) is 19.1. The third-order valence-electron chi connectivity index (χ3n) is 2.44. The Bertz CT molecular complexity index is 458. The SMILES string of the molecule is CC1(NS(=O)(=O)c2ccc(CO)o2)CC1. The van der Waals surface area contributed by atoms with Crippen LogP contribution in [-0.4, -0.2) is 19.1 Å². The van der Waals surface area contributed by atoms with Gasteiger partial charge in [0, 0.05) is 5.54 Å². The van der Waals surface area contributed by atoms with Gasteiger partial charge in [-0.05, 0) is 31.9 Å². The summed E-state index contributed by atoms with van der Waals surface area (Å²) in [5.41, 5.74) is -0.314. The van der Waals surface area contributed by atoms with Crippen LogP contribution < -0.4 is 4.72 Å². The Hall–Kier alpha value is -0.850. The molecule has 0 aromatic carbocycles. The van der Waals surface area contributed by atoms with Crippen LogP contribution >= 0.6 is 0 Å². The monoisotopic (exact) mass is 231 g/mol. The molecule has 0 spiro atoms. The molecule has 0 aliphatic heterocycles. The van der Waals surface area contributed by atoms with Crippen molar-refractivity contribution < 1.29 is 17.9 Å². The molecular weight excluding hydrogens is 218 g/mol. The Morgan fingerprint density at radius 1 is 1.53 bits per heavy atom. The number of aliphatic hydroxyl groups excluding tert-OH is 1. The van der Waals surface area contributed by atoms with Gasteiger partial charge in [-0.25, -0.2) is 13.1 Å². The van der Waals surface area contributed by atoms with Crippen LogP contribution in [0.15, 0.2) is 21.6 Å². The molecule has 1 aromatic rings. The molecule has 0 unspecified atom stereocenters. The third-order valence-corrected chi connectivity index (χ3v) is 3.95. The molecule has 1 fully saturated rings. The number of hydrogen-bond acceptors (Lipinski definition) is 4. The Morgan fingerprint density at radius 2 is 2.20 bits per heavy atom. The highest BCUT2D eigenvalue weighted by Crippen LogP contribution is 2.36. The summed E-state index contributed by atoms with van der Waals surface area (Å²) in [5, 5.41) is 8.61. The average molecular weight is 231 g/mol. The van der Waals surface area contributed by atoms with E-state index in [1.165, 1.54) is 12.1 Å². The van der Waals surface area contributed by atoms with Crippen molar-refractivity contribution in [2.45, 2.75) is 37.0 Å². The molecule has 15 heavy (non-hydrogen) atoms. The molecule has 1 heterocycles. The quantitative estimate of drug-likeness (QED) is 0.795. The first-order chi connectivity index (χ1) is 6.95. The van der Waals surface area contributed by atoms with E-state index >= 15 is 0 Å². The van der Waals surface area contributed by atoms with Crippen LogP contribution in [0.4, 0.5) is 0 Å². The number of sulfonamides is 1. The number of aliphatic hydroxyl groups is 1. The molecule has 6 heteroatoms. The third kappa shape index (κ3) is 2.22. The predicted molar refractivity (Wildman–Crippen MR) is 52.6 cm³/mol. The van der Waals surface area contributed by atoms with Crippen molar-refractivity contribution in [1.29, 1.82) is 0 Å². The lowest BCUT2D eigenvalue weighted by atomic mass is 10.4. The molecule has 0 atom stereocenters. The van der Waals surface area contributed by atoms with E-state index in [1.807, 2.05) is 6.92 Å². The topological polar surface area (TPSA) is 79.5 Å². The molecule has 0 bridgehead atoms. The summed E-state index contributed by atoms with van der Waals surface area (Å²) in [6, 6.07) is 2.80. The van der Waals surface area contributed by atoms with Crippen molar-refractivity contribution in [2.24, 2.45) is 0 Å². The lowest BCUT2D eigenvalue weighted by Crippen LogP contribution is -2.33. The maximum atomic E-state index is 11.7.